The predicted octanol–water partition coefficient (Wildman–Crippen LogP) is 2.64. The topological polar surface area (TPSA) is 75.9 Å². The van der Waals surface area contributed by atoms with E-state index in [1.165, 1.54) is 18.6 Å². The van der Waals surface area contributed by atoms with Gasteiger partial charge in [-0.3, -0.25) is 4.79 Å². The van der Waals surface area contributed by atoms with E-state index >= 15 is 0 Å². The minimum atomic E-state index is -0.597. The Morgan fingerprint density at radius 2 is 1.68 bits per heavy atom. The lowest BCUT2D eigenvalue weighted by molar-refractivity contribution is 0.0306. The Balaban J connectivity index is 1.51. The van der Waals surface area contributed by atoms with E-state index in [-0.39, 0.29) is 29.4 Å². The number of carbonyl (C=O) groups excluding carboxylic acids is 2. The summed E-state index contributed by atoms with van der Waals surface area (Å²) in [7, 11) is 0. The summed E-state index contributed by atoms with van der Waals surface area (Å²) < 4.78 is 19.1. The molecule has 2 aliphatic rings. The molecule has 1 aromatic rings. The Labute approximate surface area is 146 Å². The minimum Gasteiger partial charge on any atom is -0.446 e. The largest absolute Gasteiger partial charge is 0.446 e. The van der Waals surface area contributed by atoms with Gasteiger partial charge in [-0.05, 0) is 43.9 Å². The summed E-state index contributed by atoms with van der Waals surface area (Å²) in [6, 6.07) is 4.06. The Kier molecular flexibility index (Phi) is 5.40. The third-order valence-corrected chi connectivity index (χ3v) is 4.89. The molecule has 6 nitrogen and oxygen atoms in total. The summed E-state index contributed by atoms with van der Waals surface area (Å²) in [6.07, 6.45) is 5.04. The van der Waals surface area contributed by atoms with Crippen molar-refractivity contribution in [1.82, 2.24) is 9.80 Å². The van der Waals surface area contributed by atoms with Crippen LogP contribution in [0.2, 0.25) is 0 Å². The van der Waals surface area contributed by atoms with Crippen LogP contribution in [0.15, 0.2) is 18.2 Å². The lowest BCUT2D eigenvalue weighted by atomic mass is 9.98. The summed E-state index contributed by atoms with van der Waals surface area (Å²) in [4.78, 5) is 27.9. The smallest absolute Gasteiger partial charge is 0.410 e. The van der Waals surface area contributed by atoms with Gasteiger partial charge in [0.05, 0.1) is 5.69 Å². The molecule has 1 saturated heterocycles. The zero-order valence-corrected chi connectivity index (χ0v) is 14.2. The molecule has 3 rings (SSSR count). The average molecular weight is 349 g/mol. The van der Waals surface area contributed by atoms with Crippen LogP contribution in [0.25, 0.3) is 0 Å². The molecule has 2 N–H and O–H groups in total. The van der Waals surface area contributed by atoms with Crippen molar-refractivity contribution in [1.29, 1.82) is 0 Å². The van der Waals surface area contributed by atoms with E-state index in [4.69, 9.17) is 10.5 Å². The van der Waals surface area contributed by atoms with Crippen LogP contribution in [0, 0.1) is 5.82 Å². The molecule has 2 amide bonds. The fourth-order valence-corrected chi connectivity index (χ4v) is 3.33. The number of piperazine rings is 1. The van der Waals surface area contributed by atoms with E-state index in [2.05, 4.69) is 0 Å². The molecule has 136 valence electrons. The number of nitrogens with zero attached hydrogens (tertiary/aromatic N) is 2. The molecule has 2 fully saturated rings. The van der Waals surface area contributed by atoms with Gasteiger partial charge in [0, 0.05) is 31.7 Å². The first-order valence-corrected chi connectivity index (χ1v) is 8.84. The van der Waals surface area contributed by atoms with Crippen molar-refractivity contribution < 1.29 is 18.7 Å². The number of nitrogens with two attached hydrogens (primary N) is 1. The first kappa shape index (κ1) is 17.5. The Hall–Kier alpha value is -2.31. The van der Waals surface area contributed by atoms with Gasteiger partial charge in [0.1, 0.15) is 11.9 Å². The van der Waals surface area contributed by atoms with Crippen LogP contribution < -0.4 is 5.73 Å². The van der Waals surface area contributed by atoms with Gasteiger partial charge >= 0.3 is 6.09 Å². The second kappa shape index (κ2) is 7.72. The molecule has 25 heavy (non-hydrogen) atoms. The van der Waals surface area contributed by atoms with Gasteiger partial charge in [0.25, 0.3) is 5.91 Å². The molecule has 1 aliphatic heterocycles. The number of hydrogen-bond donors (Lipinski definition) is 1. The van der Waals surface area contributed by atoms with Crippen molar-refractivity contribution in [2.45, 2.75) is 38.2 Å². The second-order valence-electron chi connectivity index (χ2n) is 6.66. The molecule has 7 heteroatoms. The highest BCUT2D eigenvalue weighted by Crippen LogP contribution is 2.21. The maximum absolute atomic E-state index is 13.5. The summed E-state index contributed by atoms with van der Waals surface area (Å²) in [5, 5.41) is 0. The third kappa shape index (κ3) is 4.21. The number of rotatable bonds is 2. The molecule has 0 bridgehead atoms. The molecular formula is C18H24FN3O3. The van der Waals surface area contributed by atoms with E-state index in [1.54, 1.807) is 9.80 Å². The molecule has 1 heterocycles. The van der Waals surface area contributed by atoms with E-state index in [9.17, 15) is 14.0 Å². The molecule has 0 unspecified atom stereocenters. The number of hydrogen-bond acceptors (Lipinski definition) is 4. The number of ether oxygens (including phenoxy) is 1. The van der Waals surface area contributed by atoms with Crippen LogP contribution in [0.3, 0.4) is 0 Å². The third-order valence-electron chi connectivity index (χ3n) is 4.89. The fraction of sp³-hybridized carbons (Fsp3) is 0.556. The quantitative estimate of drug-likeness (QED) is 0.833. The number of amides is 2. The molecule has 1 aromatic carbocycles. The number of halogens is 1. The van der Waals surface area contributed by atoms with Crippen LogP contribution in [0.5, 0.6) is 0 Å². The average Bonchev–Trinajstić information content (AvgIpc) is 2.64. The van der Waals surface area contributed by atoms with Crippen molar-refractivity contribution in [3.05, 3.63) is 29.6 Å². The maximum Gasteiger partial charge on any atom is 0.410 e. The Morgan fingerprint density at radius 1 is 1.04 bits per heavy atom. The normalized spacial score (nSPS) is 18.9. The fourth-order valence-electron chi connectivity index (χ4n) is 3.33. The van der Waals surface area contributed by atoms with Gasteiger partial charge in [0.15, 0.2) is 0 Å². The van der Waals surface area contributed by atoms with Crippen molar-refractivity contribution in [3.63, 3.8) is 0 Å². The Morgan fingerprint density at radius 3 is 2.32 bits per heavy atom. The van der Waals surface area contributed by atoms with Crippen LogP contribution in [-0.4, -0.2) is 54.1 Å². The van der Waals surface area contributed by atoms with Crippen molar-refractivity contribution >= 4 is 17.7 Å². The first-order chi connectivity index (χ1) is 12.0. The molecule has 0 atom stereocenters. The zero-order chi connectivity index (χ0) is 17.8. The van der Waals surface area contributed by atoms with Crippen LogP contribution in [0.1, 0.15) is 42.5 Å². The van der Waals surface area contributed by atoms with Crippen LogP contribution in [0.4, 0.5) is 14.9 Å². The monoisotopic (exact) mass is 349 g/mol. The molecule has 1 aliphatic carbocycles. The highest BCUT2D eigenvalue weighted by atomic mass is 19.1. The zero-order valence-electron chi connectivity index (χ0n) is 14.2. The summed E-state index contributed by atoms with van der Waals surface area (Å²) in [5.41, 5.74) is 5.73. The molecule has 0 radical (unpaired) electrons. The maximum atomic E-state index is 13.5. The number of benzene rings is 1. The van der Waals surface area contributed by atoms with Gasteiger partial charge in [0.2, 0.25) is 0 Å². The van der Waals surface area contributed by atoms with Crippen LogP contribution >= 0.6 is 0 Å². The predicted molar refractivity (Wildman–Crippen MR) is 91.6 cm³/mol. The molecule has 0 aromatic heterocycles. The van der Waals surface area contributed by atoms with E-state index in [1.807, 2.05) is 0 Å². The van der Waals surface area contributed by atoms with Gasteiger partial charge < -0.3 is 20.3 Å². The van der Waals surface area contributed by atoms with Gasteiger partial charge in [-0.15, -0.1) is 0 Å². The van der Waals surface area contributed by atoms with Crippen LogP contribution in [-0.2, 0) is 4.74 Å². The highest BCUT2D eigenvalue weighted by molar-refractivity contribution is 5.94. The Bertz CT molecular complexity index is 638. The SMILES string of the molecule is Nc1ccc(C(=O)N2CCN(C(=O)OC3CCCCC3)CC2)cc1F. The standard InChI is InChI=1S/C18H24FN3O3/c19-15-12-13(6-7-16(15)20)17(23)21-8-10-22(11-9-21)18(24)25-14-4-2-1-3-5-14/h6-7,12,14H,1-5,8-11,20H2. The molecule has 0 spiro atoms. The minimum absolute atomic E-state index is 0.0202. The van der Waals surface area contributed by atoms with Crippen molar-refractivity contribution in [3.8, 4) is 0 Å². The number of nitrogen functional groups attached to an aromatic ring is 1. The summed E-state index contributed by atoms with van der Waals surface area (Å²) in [6.45, 7) is 1.67. The molecule has 1 saturated carbocycles. The summed E-state index contributed by atoms with van der Waals surface area (Å²) >= 11 is 0. The summed E-state index contributed by atoms with van der Waals surface area (Å²) in [5.74, 6) is -0.847. The van der Waals surface area contributed by atoms with Gasteiger partial charge in [-0.1, -0.05) is 6.42 Å². The number of anilines is 1. The lowest BCUT2D eigenvalue weighted by Gasteiger charge is -2.35. The van der Waals surface area contributed by atoms with Crippen molar-refractivity contribution in [2.24, 2.45) is 0 Å². The molecular weight excluding hydrogens is 325 g/mol. The highest BCUT2D eigenvalue weighted by Gasteiger charge is 2.28. The number of carbonyl (C=O) groups is 2. The first-order valence-electron chi connectivity index (χ1n) is 8.84. The van der Waals surface area contributed by atoms with E-state index < -0.39 is 5.82 Å². The van der Waals surface area contributed by atoms with E-state index in [0.29, 0.717) is 26.2 Å². The van der Waals surface area contributed by atoms with Gasteiger partial charge in [-0.2, -0.15) is 0 Å². The van der Waals surface area contributed by atoms with E-state index in [0.717, 1.165) is 31.7 Å². The van der Waals surface area contributed by atoms with Gasteiger partial charge in [-0.25, -0.2) is 9.18 Å². The lowest BCUT2D eigenvalue weighted by Crippen LogP contribution is -2.51. The second-order valence-corrected chi connectivity index (χ2v) is 6.66. The van der Waals surface area contributed by atoms with Crippen molar-refractivity contribution in [2.75, 3.05) is 31.9 Å².